The standard InChI is InChI=1S/C12H13ClN4O/c1-7-4-10(13)15-12-9(7)6-17(16-12)8-2-3-11(18)14-5-8/h4,6,8H,2-3,5H2,1H3,(H,14,18)/t8-/m1/s1. The molecule has 0 bridgehead atoms. The molecular formula is C12H13ClN4O. The van der Waals surface area contributed by atoms with Crippen LogP contribution in [0.15, 0.2) is 12.3 Å². The lowest BCUT2D eigenvalue weighted by Gasteiger charge is -2.22. The van der Waals surface area contributed by atoms with E-state index in [0.717, 1.165) is 17.4 Å². The van der Waals surface area contributed by atoms with Gasteiger partial charge in [-0.2, -0.15) is 5.10 Å². The topological polar surface area (TPSA) is 59.8 Å². The van der Waals surface area contributed by atoms with Crippen molar-refractivity contribution in [2.24, 2.45) is 0 Å². The van der Waals surface area contributed by atoms with Crippen molar-refractivity contribution in [3.8, 4) is 0 Å². The molecule has 1 saturated heterocycles. The van der Waals surface area contributed by atoms with E-state index in [4.69, 9.17) is 11.6 Å². The number of nitrogens with one attached hydrogen (secondary N) is 1. The minimum atomic E-state index is 0.111. The van der Waals surface area contributed by atoms with E-state index in [2.05, 4.69) is 15.4 Å². The molecule has 1 N–H and O–H groups in total. The lowest BCUT2D eigenvalue weighted by atomic mass is 10.1. The van der Waals surface area contributed by atoms with Gasteiger partial charge in [-0.25, -0.2) is 4.98 Å². The highest BCUT2D eigenvalue weighted by molar-refractivity contribution is 6.29. The number of hydrogen-bond donors (Lipinski definition) is 1. The van der Waals surface area contributed by atoms with Crippen LogP contribution in [0.4, 0.5) is 0 Å². The van der Waals surface area contributed by atoms with Crippen LogP contribution in [0, 0.1) is 6.92 Å². The molecule has 1 amide bonds. The van der Waals surface area contributed by atoms with E-state index in [1.165, 1.54) is 0 Å². The summed E-state index contributed by atoms with van der Waals surface area (Å²) in [6.07, 6.45) is 3.34. The molecule has 0 aromatic carbocycles. The molecule has 2 aromatic heterocycles. The predicted molar refractivity (Wildman–Crippen MR) is 68.6 cm³/mol. The van der Waals surface area contributed by atoms with E-state index in [1.807, 2.05) is 23.9 Å². The summed E-state index contributed by atoms with van der Waals surface area (Å²) in [6, 6.07) is 2.04. The highest BCUT2D eigenvalue weighted by atomic mass is 35.5. The van der Waals surface area contributed by atoms with Gasteiger partial charge in [-0.05, 0) is 25.0 Å². The van der Waals surface area contributed by atoms with Gasteiger partial charge in [-0.15, -0.1) is 0 Å². The number of hydrogen-bond acceptors (Lipinski definition) is 3. The molecule has 0 radical (unpaired) electrons. The lowest BCUT2D eigenvalue weighted by Crippen LogP contribution is -2.36. The number of carbonyl (C=O) groups is 1. The van der Waals surface area contributed by atoms with Gasteiger partial charge in [-0.3, -0.25) is 9.48 Å². The highest BCUT2D eigenvalue weighted by Crippen LogP contribution is 2.23. The molecule has 0 unspecified atom stereocenters. The number of pyridine rings is 1. The second-order valence-electron chi connectivity index (χ2n) is 4.60. The second kappa shape index (κ2) is 4.24. The number of carbonyl (C=O) groups excluding carboxylic acids is 1. The largest absolute Gasteiger partial charge is 0.354 e. The Morgan fingerprint density at radius 1 is 1.56 bits per heavy atom. The molecule has 1 atom stereocenters. The first-order valence-electron chi connectivity index (χ1n) is 5.92. The van der Waals surface area contributed by atoms with Crippen molar-refractivity contribution < 1.29 is 4.79 Å². The van der Waals surface area contributed by atoms with Crippen LogP contribution in [0.1, 0.15) is 24.4 Å². The summed E-state index contributed by atoms with van der Waals surface area (Å²) in [5, 5.41) is 8.78. The average molecular weight is 265 g/mol. The van der Waals surface area contributed by atoms with Crippen LogP contribution in [-0.4, -0.2) is 27.2 Å². The van der Waals surface area contributed by atoms with E-state index in [-0.39, 0.29) is 11.9 Å². The number of amides is 1. The van der Waals surface area contributed by atoms with Gasteiger partial charge in [0.15, 0.2) is 5.65 Å². The molecule has 94 valence electrons. The van der Waals surface area contributed by atoms with Crippen LogP contribution >= 0.6 is 11.6 Å². The van der Waals surface area contributed by atoms with Crippen LogP contribution in [-0.2, 0) is 4.79 Å². The minimum Gasteiger partial charge on any atom is -0.354 e. The van der Waals surface area contributed by atoms with E-state index in [1.54, 1.807) is 0 Å². The van der Waals surface area contributed by atoms with Gasteiger partial charge in [0, 0.05) is 24.5 Å². The van der Waals surface area contributed by atoms with Crippen molar-refractivity contribution in [1.82, 2.24) is 20.1 Å². The van der Waals surface area contributed by atoms with Gasteiger partial charge < -0.3 is 5.32 Å². The van der Waals surface area contributed by atoms with E-state index in [0.29, 0.717) is 23.8 Å². The third kappa shape index (κ3) is 1.95. The fraction of sp³-hybridized carbons (Fsp3) is 0.417. The number of halogens is 1. The van der Waals surface area contributed by atoms with Crippen LogP contribution in [0.25, 0.3) is 11.0 Å². The predicted octanol–water partition coefficient (Wildman–Crippen LogP) is 1.84. The Kier molecular flexibility index (Phi) is 2.70. The molecular weight excluding hydrogens is 252 g/mol. The van der Waals surface area contributed by atoms with Crippen LogP contribution in [0.3, 0.4) is 0 Å². The summed E-state index contributed by atoms with van der Waals surface area (Å²) in [4.78, 5) is 15.4. The first-order valence-corrected chi connectivity index (χ1v) is 6.30. The minimum absolute atomic E-state index is 0.111. The number of aryl methyl sites for hydroxylation is 1. The Labute approximate surface area is 109 Å². The number of fused-ring (bicyclic) bond motifs is 1. The normalized spacial score (nSPS) is 20.1. The third-order valence-electron chi connectivity index (χ3n) is 3.30. The fourth-order valence-corrected chi connectivity index (χ4v) is 2.51. The van der Waals surface area contributed by atoms with E-state index >= 15 is 0 Å². The first-order chi connectivity index (χ1) is 8.63. The van der Waals surface area contributed by atoms with Crippen molar-refractivity contribution in [1.29, 1.82) is 0 Å². The van der Waals surface area contributed by atoms with Gasteiger partial charge in [0.25, 0.3) is 0 Å². The van der Waals surface area contributed by atoms with Crippen LogP contribution < -0.4 is 5.32 Å². The molecule has 18 heavy (non-hydrogen) atoms. The van der Waals surface area contributed by atoms with E-state index < -0.39 is 0 Å². The number of aromatic nitrogens is 3. The Hall–Kier alpha value is -1.62. The number of rotatable bonds is 1. The Balaban J connectivity index is 1.98. The maximum atomic E-state index is 11.1. The molecule has 2 aromatic rings. The van der Waals surface area contributed by atoms with Crippen molar-refractivity contribution in [3.63, 3.8) is 0 Å². The summed E-state index contributed by atoms with van der Waals surface area (Å²) in [5.74, 6) is 0.111. The molecule has 0 spiro atoms. The third-order valence-corrected chi connectivity index (χ3v) is 3.49. The maximum absolute atomic E-state index is 11.1. The lowest BCUT2D eigenvalue weighted by molar-refractivity contribution is -0.122. The molecule has 5 nitrogen and oxygen atoms in total. The van der Waals surface area contributed by atoms with Crippen LogP contribution in [0.2, 0.25) is 5.15 Å². The van der Waals surface area contributed by atoms with Gasteiger partial charge in [-0.1, -0.05) is 11.6 Å². The summed E-state index contributed by atoms with van der Waals surface area (Å²) in [5.41, 5.74) is 1.73. The monoisotopic (exact) mass is 264 g/mol. The molecule has 6 heteroatoms. The zero-order chi connectivity index (χ0) is 12.7. The smallest absolute Gasteiger partial charge is 0.220 e. The highest BCUT2D eigenvalue weighted by Gasteiger charge is 2.21. The second-order valence-corrected chi connectivity index (χ2v) is 4.99. The quantitative estimate of drug-likeness (QED) is 0.800. The average Bonchev–Trinajstić information content (AvgIpc) is 2.74. The van der Waals surface area contributed by atoms with Gasteiger partial charge in [0.1, 0.15) is 5.15 Å². The summed E-state index contributed by atoms with van der Waals surface area (Å²) < 4.78 is 1.89. The Morgan fingerprint density at radius 2 is 2.39 bits per heavy atom. The molecule has 0 aliphatic carbocycles. The number of nitrogens with zero attached hydrogens (tertiary/aromatic N) is 3. The summed E-state index contributed by atoms with van der Waals surface area (Å²) in [7, 11) is 0. The van der Waals surface area contributed by atoms with Crippen molar-refractivity contribution in [3.05, 3.63) is 23.0 Å². The molecule has 1 aliphatic heterocycles. The van der Waals surface area contributed by atoms with Crippen molar-refractivity contribution in [2.45, 2.75) is 25.8 Å². The number of piperidine rings is 1. The van der Waals surface area contributed by atoms with Crippen molar-refractivity contribution >= 4 is 28.5 Å². The van der Waals surface area contributed by atoms with Crippen molar-refractivity contribution in [2.75, 3.05) is 6.54 Å². The van der Waals surface area contributed by atoms with Gasteiger partial charge in [0.2, 0.25) is 5.91 Å². The first kappa shape index (κ1) is 11.5. The van der Waals surface area contributed by atoms with Gasteiger partial charge >= 0.3 is 0 Å². The molecule has 0 saturated carbocycles. The zero-order valence-corrected chi connectivity index (χ0v) is 10.7. The maximum Gasteiger partial charge on any atom is 0.220 e. The zero-order valence-electron chi connectivity index (χ0n) is 9.98. The molecule has 3 heterocycles. The summed E-state index contributed by atoms with van der Waals surface area (Å²) >= 11 is 5.92. The Bertz CT molecular complexity index is 612. The molecule has 3 rings (SSSR count). The summed E-state index contributed by atoms with van der Waals surface area (Å²) in [6.45, 7) is 2.62. The SMILES string of the molecule is Cc1cc(Cl)nc2nn([C@@H]3CCC(=O)NC3)cc12. The van der Waals surface area contributed by atoms with E-state index in [9.17, 15) is 4.79 Å². The Morgan fingerprint density at radius 3 is 3.11 bits per heavy atom. The van der Waals surface area contributed by atoms with Crippen LogP contribution in [0.5, 0.6) is 0 Å². The molecule has 1 fully saturated rings. The van der Waals surface area contributed by atoms with Gasteiger partial charge in [0.05, 0.1) is 6.04 Å². The molecule has 1 aliphatic rings. The fourth-order valence-electron chi connectivity index (χ4n) is 2.27.